The van der Waals surface area contributed by atoms with Crippen molar-refractivity contribution in [3.63, 3.8) is 0 Å². The van der Waals surface area contributed by atoms with Crippen molar-refractivity contribution >= 4 is 45.0 Å². The first-order valence-corrected chi connectivity index (χ1v) is 14.8. The molecule has 3 heterocycles. The summed E-state index contributed by atoms with van der Waals surface area (Å²) in [7, 11) is 0. The smallest absolute Gasteiger partial charge is 0.333 e. The van der Waals surface area contributed by atoms with E-state index in [9.17, 15) is 14.7 Å². The summed E-state index contributed by atoms with van der Waals surface area (Å²) in [5.41, 5.74) is 5.23. The fourth-order valence-electron chi connectivity index (χ4n) is 6.22. The molecule has 0 aliphatic heterocycles. The van der Waals surface area contributed by atoms with Gasteiger partial charge in [-0.2, -0.15) is 0 Å². The third-order valence-electron chi connectivity index (χ3n) is 8.65. The van der Waals surface area contributed by atoms with Crippen molar-refractivity contribution in [2.45, 2.75) is 57.5 Å². The first kappa shape index (κ1) is 27.6. The van der Waals surface area contributed by atoms with E-state index in [1.165, 1.54) is 13.3 Å². The molecule has 2 N–H and O–H groups in total. The largest absolute Gasteiger partial charge is 0.479 e. The van der Waals surface area contributed by atoms with Gasteiger partial charge in [0.1, 0.15) is 5.82 Å². The number of carboxylic acids is 1. The van der Waals surface area contributed by atoms with Crippen molar-refractivity contribution in [2.75, 3.05) is 0 Å². The number of aliphatic carboxylic acids is 1. The summed E-state index contributed by atoms with van der Waals surface area (Å²) in [6, 6.07) is 16.7. The molecule has 10 heteroatoms. The van der Waals surface area contributed by atoms with E-state index in [-0.39, 0.29) is 6.04 Å². The average molecular weight is 586 g/mol. The van der Waals surface area contributed by atoms with E-state index in [4.69, 9.17) is 4.98 Å². The van der Waals surface area contributed by atoms with Gasteiger partial charge in [-0.1, -0.05) is 25.3 Å². The number of hydrogen-bond donors (Lipinski definition) is 2. The maximum atomic E-state index is 13.6. The molecule has 10 nitrogen and oxygen atoms in total. The normalized spacial score (nSPS) is 15.4. The Labute approximate surface area is 253 Å². The van der Waals surface area contributed by atoms with E-state index >= 15 is 0 Å². The summed E-state index contributed by atoms with van der Waals surface area (Å²) in [6.45, 7) is 3.40. The van der Waals surface area contributed by atoms with Crippen molar-refractivity contribution in [1.82, 2.24) is 34.8 Å². The molecule has 3 aromatic heterocycles. The van der Waals surface area contributed by atoms with Crippen LogP contribution in [-0.4, -0.2) is 46.5 Å². The molecule has 1 unspecified atom stereocenters. The van der Waals surface area contributed by atoms with Gasteiger partial charge in [-0.15, -0.1) is 0 Å². The second-order valence-electron chi connectivity index (χ2n) is 11.7. The highest BCUT2D eigenvalue weighted by Gasteiger charge is 2.37. The predicted molar refractivity (Wildman–Crippen MR) is 167 cm³/mol. The molecule has 6 aromatic rings. The Bertz CT molecular complexity index is 2080. The zero-order chi connectivity index (χ0) is 30.4. The van der Waals surface area contributed by atoms with Crippen LogP contribution in [0.25, 0.3) is 44.5 Å². The molecule has 7 rings (SSSR count). The van der Waals surface area contributed by atoms with E-state index < -0.39 is 17.4 Å². The molecule has 0 spiro atoms. The highest BCUT2D eigenvalue weighted by molar-refractivity contribution is 6.01. The van der Waals surface area contributed by atoms with Gasteiger partial charge in [0.2, 0.25) is 0 Å². The molecule has 0 radical (unpaired) electrons. The van der Waals surface area contributed by atoms with Gasteiger partial charge in [0.05, 0.1) is 38.8 Å². The lowest BCUT2D eigenvalue weighted by molar-refractivity contribution is -0.144. The summed E-state index contributed by atoms with van der Waals surface area (Å²) >= 11 is 0. The lowest BCUT2D eigenvalue weighted by Crippen LogP contribution is -2.49. The lowest BCUT2D eigenvalue weighted by atomic mass is 9.91. The number of aryl methyl sites for hydroxylation is 1. The highest BCUT2D eigenvalue weighted by atomic mass is 16.4. The summed E-state index contributed by atoms with van der Waals surface area (Å²) < 4.78 is 2.30. The number of aromatic nitrogens is 6. The van der Waals surface area contributed by atoms with Gasteiger partial charge in [0.25, 0.3) is 5.91 Å². The first-order valence-electron chi connectivity index (χ1n) is 14.8. The number of carboxylic acid groups (broad SMARTS) is 1. The van der Waals surface area contributed by atoms with Crippen LogP contribution < -0.4 is 5.32 Å². The standard InChI is InChI=1S/C34H31N7O3/c1-20-19-37-27-16-21(8-11-26(27)38-20)31-39-29-17-22(9-13-30(29)41(31)24-6-4-3-5-7-24)32(42)40-34(2,33(43)44)23-10-12-25-28(18-23)36-15-14-35-25/h8-19,24H,3-7H2,1-2H3,(H,40,42)(H,43,44). The van der Waals surface area contributed by atoms with Gasteiger partial charge in [0, 0.05) is 35.8 Å². The van der Waals surface area contributed by atoms with Crippen LogP contribution >= 0.6 is 0 Å². The Morgan fingerprint density at radius 1 is 0.841 bits per heavy atom. The van der Waals surface area contributed by atoms with Crippen LogP contribution in [0.5, 0.6) is 0 Å². The number of nitrogens with one attached hydrogen (secondary N) is 1. The molecule has 1 saturated carbocycles. The second kappa shape index (κ2) is 10.8. The monoisotopic (exact) mass is 585 g/mol. The predicted octanol–water partition coefficient (Wildman–Crippen LogP) is 6.13. The number of carbonyl (C=O) groups excluding carboxylic acids is 1. The molecule has 1 aliphatic carbocycles. The van der Waals surface area contributed by atoms with Crippen molar-refractivity contribution in [2.24, 2.45) is 0 Å². The number of amides is 1. The second-order valence-corrected chi connectivity index (χ2v) is 11.7. The molecule has 1 amide bonds. The summed E-state index contributed by atoms with van der Waals surface area (Å²) in [6.07, 6.45) is 10.5. The van der Waals surface area contributed by atoms with Gasteiger partial charge >= 0.3 is 5.97 Å². The molecule has 220 valence electrons. The fourth-order valence-corrected chi connectivity index (χ4v) is 6.22. The first-order chi connectivity index (χ1) is 21.3. The third kappa shape index (κ3) is 4.82. The summed E-state index contributed by atoms with van der Waals surface area (Å²) in [4.78, 5) is 49.0. The number of fused-ring (bicyclic) bond motifs is 3. The van der Waals surface area contributed by atoms with Gasteiger partial charge in [-0.05, 0) is 80.8 Å². The average Bonchev–Trinajstić information content (AvgIpc) is 3.43. The van der Waals surface area contributed by atoms with E-state index in [1.54, 1.807) is 48.9 Å². The number of nitrogens with zero attached hydrogens (tertiary/aromatic N) is 6. The SMILES string of the molecule is Cc1cnc2cc(-c3nc4cc(C(=O)NC(C)(C(=O)O)c5ccc6nccnc6c5)ccc4n3C3CCCCC3)ccc2n1. The number of hydrogen-bond acceptors (Lipinski definition) is 7. The zero-order valence-corrected chi connectivity index (χ0v) is 24.5. The van der Waals surface area contributed by atoms with E-state index in [1.807, 2.05) is 31.2 Å². The minimum absolute atomic E-state index is 0.287. The summed E-state index contributed by atoms with van der Waals surface area (Å²) in [5, 5.41) is 13.0. The molecular weight excluding hydrogens is 554 g/mol. The third-order valence-corrected chi connectivity index (χ3v) is 8.65. The Morgan fingerprint density at radius 2 is 1.59 bits per heavy atom. The van der Waals surface area contributed by atoms with Crippen LogP contribution in [0.4, 0.5) is 0 Å². The summed E-state index contributed by atoms with van der Waals surface area (Å²) in [5.74, 6) is -0.879. The van der Waals surface area contributed by atoms with Gasteiger partial charge in [-0.3, -0.25) is 19.7 Å². The Morgan fingerprint density at radius 3 is 2.39 bits per heavy atom. The Balaban J connectivity index is 1.28. The molecule has 0 saturated heterocycles. The van der Waals surface area contributed by atoms with Crippen LogP contribution in [0, 0.1) is 6.92 Å². The lowest BCUT2D eigenvalue weighted by Gasteiger charge is -2.27. The van der Waals surface area contributed by atoms with Crippen molar-refractivity contribution < 1.29 is 14.7 Å². The molecule has 3 aromatic carbocycles. The molecule has 44 heavy (non-hydrogen) atoms. The quantitative estimate of drug-likeness (QED) is 0.238. The highest BCUT2D eigenvalue weighted by Crippen LogP contribution is 2.37. The number of carbonyl (C=O) groups is 2. The maximum absolute atomic E-state index is 13.6. The molecule has 1 fully saturated rings. The molecular formula is C34H31N7O3. The van der Waals surface area contributed by atoms with Crippen molar-refractivity contribution in [1.29, 1.82) is 0 Å². The zero-order valence-electron chi connectivity index (χ0n) is 24.5. The Kier molecular flexibility index (Phi) is 6.76. The molecule has 1 aliphatic rings. The van der Waals surface area contributed by atoms with Crippen LogP contribution in [0.15, 0.2) is 73.2 Å². The number of rotatable bonds is 6. The molecule has 0 bridgehead atoms. The minimum Gasteiger partial charge on any atom is -0.479 e. The number of benzene rings is 3. The molecule has 1 atom stereocenters. The van der Waals surface area contributed by atoms with E-state index in [0.717, 1.165) is 59.3 Å². The van der Waals surface area contributed by atoms with Crippen LogP contribution in [0.3, 0.4) is 0 Å². The Hall–Kier alpha value is -5.25. The fraction of sp³-hybridized carbons (Fsp3) is 0.265. The number of imidazole rings is 1. The van der Waals surface area contributed by atoms with Crippen molar-refractivity contribution in [3.05, 3.63) is 90.0 Å². The van der Waals surface area contributed by atoms with Crippen LogP contribution in [0.1, 0.15) is 66.7 Å². The van der Waals surface area contributed by atoms with Gasteiger partial charge in [-0.25, -0.2) is 14.8 Å². The van der Waals surface area contributed by atoms with E-state index in [0.29, 0.717) is 27.7 Å². The van der Waals surface area contributed by atoms with Gasteiger partial charge < -0.3 is 15.0 Å². The maximum Gasteiger partial charge on any atom is 0.333 e. The van der Waals surface area contributed by atoms with Gasteiger partial charge in [0.15, 0.2) is 5.54 Å². The van der Waals surface area contributed by atoms with Crippen LogP contribution in [-0.2, 0) is 10.3 Å². The minimum atomic E-state index is -1.70. The van der Waals surface area contributed by atoms with Crippen LogP contribution in [0.2, 0.25) is 0 Å². The topological polar surface area (TPSA) is 136 Å². The van der Waals surface area contributed by atoms with E-state index in [2.05, 4.69) is 29.8 Å². The van der Waals surface area contributed by atoms with Crippen molar-refractivity contribution in [3.8, 4) is 11.4 Å².